The fourth-order valence-corrected chi connectivity index (χ4v) is 7.93. The van der Waals surface area contributed by atoms with Crippen LogP contribution in [0.3, 0.4) is 0 Å². The van der Waals surface area contributed by atoms with E-state index in [9.17, 15) is 61.3 Å². The van der Waals surface area contributed by atoms with E-state index in [1.165, 1.54) is 30.0 Å². The number of carbonyl (C=O) groups excluding carboxylic acids is 4. The third-order valence-corrected chi connectivity index (χ3v) is 11.5. The average Bonchev–Trinajstić information content (AvgIpc) is 3.08. The summed E-state index contributed by atoms with van der Waals surface area (Å²) in [6.07, 6.45) is -5.06. The molecule has 0 bridgehead atoms. The molecule has 2 saturated heterocycles. The molecule has 6 rings (SSSR count). The highest BCUT2D eigenvalue weighted by molar-refractivity contribution is 7.90. The predicted octanol–water partition coefficient (Wildman–Crippen LogP) is 1.05. The van der Waals surface area contributed by atoms with Crippen molar-refractivity contribution in [3.8, 4) is 17.2 Å². The molecular formula is C32H34F3N3O13S. The second-order valence-electron chi connectivity index (χ2n) is 13.0. The van der Waals surface area contributed by atoms with E-state index in [0.29, 0.717) is 4.31 Å². The second-order valence-corrected chi connectivity index (χ2v) is 15.0. The summed E-state index contributed by atoms with van der Waals surface area (Å²) in [5.74, 6) is -4.83. The van der Waals surface area contributed by atoms with Crippen molar-refractivity contribution in [2.45, 2.75) is 68.8 Å². The topological polar surface area (TPSA) is 230 Å². The zero-order chi connectivity index (χ0) is 38.1. The molecule has 4 aliphatic rings. The molecule has 5 N–H and O–H groups in total. The van der Waals surface area contributed by atoms with Crippen molar-refractivity contribution in [3.05, 3.63) is 51.6 Å². The number of piperazine rings is 1. The first kappa shape index (κ1) is 37.7. The summed E-state index contributed by atoms with van der Waals surface area (Å²) in [5, 5.41) is 44.1. The summed E-state index contributed by atoms with van der Waals surface area (Å²) in [6, 6.07) is 2.87. The maximum Gasteiger partial charge on any atom is 0.511 e. The van der Waals surface area contributed by atoms with E-state index in [4.69, 9.17) is 14.2 Å². The van der Waals surface area contributed by atoms with Crippen molar-refractivity contribution in [1.29, 1.82) is 0 Å². The number of ketones is 4. The number of hydroxylamine groups is 1. The largest absolute Gasteiger partial charge is 0.511 e. The molecule has 2 aliphatic carbocycles. The zero-order valence-corrected chi connectivity index (χ0v) is 28.4. The van der Waals surface area contributed by atoms with Gasteiger partial charge in [-0.25, -0.2) is 8.42 Å². The molecule has 0 amide bonds. The van der Waals surface area contributed by atoms with E-state index >= 15 is 0 Å². The molecule has 0 radical (unpaired) electrons. The number of hydrogen-bond acceptors (Lipinski definition) is 15. The lowest BCUT2D eigenvalue weighted by molar-refractivity contribution is -0.226. The molecule has 2 aromatic rings. The summed E-state index contributed by atoms with van der Waals surface area (Å²) in [4.78, 5) is 54.6. The van der Waals surface area contributed by atoms with Gasteiger partial charge in [0.2, 0.25) is 5.78 Å². The van der Waals surface area contributed by atoms with Gasteiger partial charge in [0.25, 0.3) is 0 Å². The summed E-state index contributed by atoms with van der Waals surface area (Å²) < 4.78 is 80.3. The van der Waals surface area contributed by atoms with Crippen LogP contribution in [0.15, 0.2) is 18.2 Å². The van der Waals surface area contributed by atoms with Gasteiger partial charge in [-0.1, -0.05) is 12.1 Å². The Balaban J connectivity index is 1.32. The van der Waals surface area contributed by atoms with E-state index in [1.807, 2.05) is 5.48 Å². The molecule has 52 heavy (non-hydrogen) atoms. The highest BCUT2D eigenvalue weighted by Crippen LogP contribution is 2.52. The van der Waals surface area contributed by atoms with E-state index in [0.717, 1.165) is 6.92 Å². The summed E-state index contributed by atoms with van der Waals surface area (Å²) >= 11 is 0. The van der Waals surface area contributed by atoms with Crippen LogP contribution < -0.4 is 10.2 Å². The van der Waals surface area contributed by atoms with E-state index in [1.54, 1.807) is 0 Å². The van der Waals surface area contributed by atoms with Crippen LogP contribution in [-0.2, 0) is 35.5 Å². The second kappa shape index (κ2) is 13.4. The molecule has 282 valence electrons. The number of aliphatic hydroxyl groups is 1. The minimum absolute atomic E-state index is 0.151. The van der Waals surface area contributed by atoms with Crippen LogP contribution in [-0.4, -0.2) is 124 Å². The third-order valence-electron chi connectivity index (χ3n) is 9.88. The number of fused-ring (bicyclic) bond motifs is 3. The lowest BCUT2D eigenvalue weighted by Gasteiger charge is -2.41. The molecule has 0 aromatic heterocycles. The van der Waals surface area contributed by atoms with Gasteiger partial charge in [-0.2, -0.15) is 23.0 Å². The maximum atomic E-state index is 14.2. The van der Waals surface area contributed by atoms with E-state index in [2.05, 4.69) is 0 Å². The minimum atomic E-state index is -5.52. The number of carbonyl (C=O) groups is 4. The number of hydrogen-bond donors (Lipinski definition) is 5. The van der Waals surface area contributed by atoms with Gasteiger partial charge in [0.1, 0.15) is 35.7 Å². The number of nitrogens with zero attached hydrogens (tertiary/aromatic N) is 2. The number of phenols is 2. The maximum absolute atomic E-state index is 14.2. The monoisotopic (exact) mass is 757 g/mol. The number of ether oxygens (including phenoxy) is 3. The summed E-state index contributed by atoms with van der Waals surface area (Å²) in [5.41, 5.74) is -7.98. The van der Waals surface area contributed by atoms with Gasteiger partial charge in [-0.3, -0.25) is 24.1 Å². The Morgan fingerprint density at radius 3 is 2.33 bits per heavy atom. The Morgan fingerprint density at radius 1 is 1.06 bits per heavy atom. The predicted molar refractivity (Wildman–Crippen MR) is 167 cm³/mol. The van der Waals surface area contributed by atoms with Crippen LogP contribution >= 0.6 is 0 Å². The number of nitrogens with one attached hydrogen (secondary N) is 1. The number of benzene rings is 2. The molecular weight excluding hydrogens is 723 g/mol. The Labute approximate surface area is 293 Å². The van der Waals surface area contributed by atoms with Gasteiger partial charge in [0.15, 0.2) is 23.6 Å². The third kappa shape index (κ3) is 6.25. The van der Waals surface area contributed by atoms with Crippen LogP contribution in [0.25, 0.3) is 0 Å². The first-order valence-corrected chi connectivity index (χ1v) is 17.5. The SMILES string of the molecule is CC(=O)[C@]1(O)Cc2c(O)c3c(c(O)c2[C@@H](OC2CC(NO)C(=O)C(C)O2)C1)C(=O)c1c(OCN2CCN(S(=O)(=O)C(F)(F)F)CC2)cccc1C3=O. The molecule has 2 aromatic carbocycles. The molecule has 2 fully saturated rings. The van der Waals surface area contributed by atoms with Crippen molar-refractivity contribution in [1.82, 2.24) is 14.7 Å². The minimum Gasteiger partial charge on any atom is -0.507 e. The number of aromatic hydroxyl groups is 2. The fourth-order valence-electron chi connectivity index (χ4n) is 6.99. The Hall–Kier alpha value is -4.02. The van der Waals surface area contributed by atoms with Gasteiger partial charge < -0.3 is 34.7 Å². The standard InChI is InChI=1S/C32H34F3N3O13S/c1-14-26(40)18(36-46)10-21(50-14)51-20-12-31(45,15(2)39)11-17-23(20)30(44)25-24(28(17)42)27(41)16-4-3-5-19(22(16)29(25)43)49-13-37-6-8-38(9-7-37)52(47,48)32(33,34)35/h3-5,14,18,20-21,36,42,44-46H,6-13H2,1-2H3/t14?,18?,20-,21?,31-/m0/s1. The molecule has 16 nitrogen and oxygen atoms in total. The quantitative estimate of drug-likeness (QED) is 0.160. The first-order valence-electron chi connectivity index (χ1n) is 16.0. The molecule has 2 aliphatic heterocycles. The molecule has 0 spiro atoms. The average molecular weight is 758 g/mol. The van der Waals surface area contributed by atoms with E-state index in [-0.39, 0.29) is 54.2 Å². The highest BCUT2D eigenvalue weighted by Gasteiger charge is 2.51. The fraction of sp³-hybridized carbons (Fsp3) is 0.500. The van der Waals surface area contributed by atoms with Crippen LogP contribution in [0.2, 0.25) is 0 Å². The lowest BCUT2D eigenvalue weighted by Crippen LogP contribution is -2.52. The molecule has 3 unspecified atom stereocenters. The number of sulfonamides is 1. The normalized spacial score (nSPS) is 27.2. The molecule has 20 heteroatoms. The number of rotatable bonds is 8. The molecule has 2 heterocycles. The first-order chi connectivity index (χ1) is 24.3. The van der Waals surface area contributed by atoms with Crippen LogP contribution in [0.1, 0.15) is 75.8 Å². The van der Waals surface area contributed by atoms with Gasteiger partial charge in [-0.15, -0.1) is 0 Å². The Morgan fingerprint density at radius 2 is 1.71 bits per heavy atom. The van der Waals surface area contributed by atoms with Crippen LogP contribution in [0.5, 0.6) is 17.2 Å². The lowest BCUT2D eigenvalue weighted by atomic mass is 9.72. The summed E-state index contributed by atoms with van der Waals surface area (Å²) in [6.45, 7) is 0.906. The van der Waals surface area contributed by atoms with Crippen LogP contribution in [0.4, 0.5) is 13.2 Å². The summed E-state index contributed by atoms with van der Waals surface area (Å²) in [7, 11) is -5.52. The van der Waals surface area contributed by atoms with Crippen molar-refractivity contribution in [2.24, 2.45) is 0 Å². The van der Waals surface area contributed by atoms with Gasteiger partial charge >= 0.3 is 15.5 Å². The van der Waals surface area contributed by atoms with Crippen molar-refractivity contribution in [3.63, 3.8) is 0 Å². The molecule has 0 saturated carbocycles. The van der Waals surface area contributed by atoms with Gasteiger partial charge in [0.05, 0.1) is 28.8 Å². The van der Waals surface area contributed by atoms with Crippen LogP contribution in [0, 0.1) is 0 Å². The zero-order valence-electron chi connectivity index (χ0n) is 27.6. The van der Waals surface area contributed by atoms with Gasteiger partial charge in [0, 0.05) is 62.1 Å². The Kier molecular flexibility index (Phi) is 9.75. The van der Waals surface area contributed by atoms with E-state index < -0.39 is 117 Å². The van der Waals surface area contributed by atoms with Crippen molar-refractivity contribution < 1.29 is 75.5 Å². The van der Waals surface area contributed by atoms with Gasteiger partial charge in [-0.05, 0) is 19.9 Å². The Bertz CT molecular complexity index is 1970. The number of halogens is 3. The number of phenolic OH excluding ortho intramolecular Hbond substituents is 2. The van der Waals surface area contributed by atoms with Crippen molar-refractivity contribution >= 4 is 33.2 Å². The van der Waals surface area contributed by atoms with Crippen molar-refractivity contribution in [2.75, 3.05) is 32.9 Å². The number of alkyl halides is 3. The number of Topliss-reactive ketones (excluding diaryl/α,β-unsaturated/α-hetero) is 2. The molecule has 5 atom stereocenters. The highest BCUT2D eigenvalue weighted by atomic mass is 32.2. The smallest absolute Gasteiger partial charge is 0.507 e.